The standard InChI is InChI=1S/C18H16N4O3/c1-2-6-17-20-16-10-4-3-9-15(16)18(23)21(17)19-12-13-7-5-8-14(11-13)22(24)25/h3-5,7-12H,2,6H2,1H3. The van der Waals surface area contributed by atoms with Crippen LogP contribution >= 0.6 is 0 Å². The van der Waals surface area contributed by atoms with E-state index in [1.165, 1.54) is 23.0 Å². The third kappa shape index (κ3) is 3.45. The minimum Gasteiger partial charge on any atom is -0.267 e. The number of para-hydroxylation sites is 1. The van der Waals surface area contributed by atoms with Crippen molar-refractivity contribution in [2.75, 3.05) is 0 Å². The first-order chi connectivity index (χ1) is 12.1. The minimum atomic E-state index is -0.469. The molecule has 0 saturated heterocycles. The SMILES string of the molecule is CCCc1nc2ccccc2c(=O)n1N=Cc1cccc([N+](=O)[O-])c1. The normalized spacial score (nSPS) is 11.2. The molecule has 0 unspecified atom stereocenters. The molecule has 7 heteroatoms. The number of benzene rings is 2. The number of aryl methyl sites for hydroxylation is 1. The molecule has 0 amide bonds. The van der Waals surface area contributed by atoms with Gasteiger partial charge in [0.25, 0.3) is 11.2 Å². The largest absolute Gasteiger partial charge is 0.282 e. The zero-order valence-corrected chi connectivity index (χ0v) is 13.6. The van der Waals surface area contributed by atoms with Crippen LogP contribution in [0.2, 0.25) is 0 Å². The lowest BCUT2D eigenvalue weighted by molar-refractivity contribution is -0.384. The number of hydrogen-bond acceptors (Lipinski definition) is 5. The summed E-state index contributed by atoms with van der Waals surface area (Å²) in [6, 6.07) is 13.2. The van der Waals surface area contributed by atoms with E-state index in [0.717, 1.165) is 6.42 Å². The highest BCUT2D eigenvalue weighted by molar-refractivity contribution is 5.81. The highest BCUT2D eigenvalue weighted by atomic mass is 16.6. The lowest BCUT2D eigenvalue weighted by Gasteiger charge is -2.08. The molecular weight excluding hydrogens is 320 g/mol. The second-order valence-corrected chi connectivity index (χ2v) is 5.51. The predicted octanol–water partition coefficient (Wildman–Crippen LogP) is 3.14. The number of nitro benzene ring substituents is 1. The molecule has 7 nitrogen and oxygen atoms in total. The molecule has 0 radical (unpaired) electrons. The molecule has 1 aromatic heterocycles. The van der Waals surface area contributed by atoms with Crippen molar-refractivity contribution < 1.29 is 4.92 Å². The Hall–Kier alpha value is -3.35. The Bertz CT molecular complexity index is 1020. The summed E-state index contributed by atoms with van der Waals surface area (Å²) < 4.78 is 1.27. The van der Waals surface area contributed by atoms with Gasteiger partial charge in [-0.3, -0.25) is 14.9 Å². The Morgan fingerprint density at radius 2 is 2.04 bits per heavy atom. The molecule has 3 aromatic rings. The van der Waals surface area contributed by atoms with Gasteiger partial charge in [-0.1, -0.05) is 31.2 Å². The monoisotopic (exact) mass is 336 g/mol. The van der Waals surface area contributed by atoms with Gasteiger partial charge in [-0.15, -0.1) is 0 Å². The molecule has 25 heavy (non-hydrogen) atoms. The quantitative estimate of drug-likeness (QED) is 0.406. The number of rotatable bonds is 5. The summed E-state index contributed by atoms with van der Waals surface area (Å²) in [5.74, 6) is 0.563. The molecule has 126 valence electrons. The van der Waals surface area contributed by atoms with Gasteiger partial charge in [0.05, 0.1) is 22.0 Å². The average Bonchev–Trinajstić information content (AvgIpc) is 2.62. The zero-order chi connectivity index (χ0) is 17.8. The molecule has 0 aliphatic heterocycles. The number of fused-ring (bicyclic) bond motifs is 1. The summed E-state index contributed by atoms with van der Waals surface area (Å²) in [5.41, 5.74) is 0.895. The van der Waals surface area contributed by atoms with E-state index in [1.54, 1.807) is 30.3 Å². The van der Waals surface area contributed by atoms with Gasteiger partial charge in [-0.05, 0) is 18.6 Å². The van der Waals surface area contributed by atoms with Gasteiger partial charge in [0, 0.05) is 24.1 Å². The van der Waals surface area contributed by atoms with Crippen molar-refractivity contribution in [1.29, 1.82) is 0 Å². The van der Waals surface area contributed by atoms with E-state index in [1.807, 2.05) is 13.0 Å². The van der Waals surface area contributed by atoms with Crippen molar-refractivity contribution in [2.24, 2.45) is 5.10 Å². The Morgan fingerprint density at radius 3 is 2.80 bits per heavy atom. The molecule has 0 bridgehead atoms. The van der Waals surface area contributed by atoms with Crippen LogP contribution in [0.3, 0.4) is 0 Å². The maximum Gasteiger partial charge on any atom is 0.282 e. The van der Waals surface area contributed by atoms with Crippen molar-refractivity contribution >= 4 is 22.8 Å². The van der Waals surface area contributed by atoms with Crippen molar-refractivity contribution in [1.82, 2.24) is 9.66 Å². The number of nitro groups is 1. The van der Waals surface area contributed by atoms with Gasteiger partial charge in [0.1, 0.15) is 5.82 Å². The van der Waals surface area contributed by atoms with Gasteiger partial charge in [-0.2, -0.15) is 9.78 Å². The Morgan fingerprint density at radius 1 is 1.24 bits per heavy atom. The lowest BCUT2D eigenvalue weighted by Crippen LogP contribution is -2.22. The summed E-state index contributed by atoms with van der Waals surface area (Å²) in [7, 11) is 0. The molecular formula is C18H16N4O3. The van der Waals surface area contributed by atoms with Crippen LogP contribution in [0, 0.1) is 10.1 Å². The summed E-state index contributed by atoms with van der Waals surface area (Å²) >= 11 is 0. The number of non-ortho nitro benzene ring substituents is 1. The van der Waals surface area contributed by atoms with Gasteiger partial charge in [-0.25, -0.2) is 4.98 Å². The highest BCUT2D eigenvalue weighted by Crippen LogP contribution is 2.12. The Kier molecular flexibility index (Phi) is 4.65. The summed E-state index contributed by atoms with van der Waals surface area (Å²) in [5, 5.41) is 15.6. The van der Waals surface area contributed by atoms with E-state index in [9.17, 15) is 14.9 Å². The summed E-state index contributed by atoms with van der Waals surface area (Å²) in [6.45, 7) is 2.00. The number of aromatic nitrogens is 2. The summed E-state index contributed by atoms with van der Waals surface area (Å²) in [6.07, 6.45) is 2.85. The molecule has 0 aliphatic rings. The predicted molar refractivity (Wildman–Crippen MR) is 96.1 cm³/mol. The first-order valence-corrected chi connectivity index (χ1v) is 7.89. The zero-order valence-electron chi connectivity index (χ0n) is 13.6. The molecule has 0 N–H and O–H groups in total. The molecule has 0 atom stereocenters. The number of hydrogen-bond donors (Lipinski definition) is 0. The molecule has 1 heterocycles. The van der Waals surface area contributed by atoms with Crippen molar-refractivity contribution in [3.05, 3.63) is 80.4 Å². The topological polar surface area (TPSA) is 90.4 Å². The molecule has 0 spiro atoms. The van der Waals surface area contributed by atoms with Crippen molar-refractivity contribution in [2.45, 2.75) is 19.8 Å². The van der Waals surface area contributed by atoms with Crippen molar-refractivity contribution in [3.8, 4) is 0 Å². The number of nitrogens with zero attached hydrogens (tertiary/aromatic N) is 4. The van der Waals surface area contributed by atoms with Crippen LogP contribution in [0.5, 0.6) is 0 Å². The molecule has 0 saturated carbocycles. The maximum atomic E-state index is 12.7. The van der Waals surface area contributed by atoms with Crippen LogP contribution in [0.15, 0.2) is 58.4 Å². The molecule has 3 rings (SSSR count). The van der Waals surface area contributed by atoms with E-state index >= 15 is 0 Å². The first-order valence-electron chi connectivity index (χ1n) is 7.89. The van der Waals surface area contributed by atoms with Crippen LogP contribution in [0.4, 0.5) is 5.69 Å². The minimum absolute atomic E-state index is 0.0262. The molecule has 2 aromatic carbocycles. The van der Waals surface area contributed by atoms with E-state index in [-0.39, 0.29) is 11.2 Å². The van der Waals surface area contributed by atoms with Crippen molar-refractivity contribution in [3.63, 3.8) is 0 Å². The molecule has 0 aliphatic carbocycles. The third-order valence-electron chi connectivity index (χ3n) is 3.70. The maximum absolute atomic E-state index is 12.7. The fourth-order valence-electron chi connectivity index (χ4n) is 2.52. The smallest absolute Gasteiger partial charge is 0.267 e. The van der Waals surface area contributed by atoms with E-state index in [2.05, 4.69) is 10.1 Å². The highest BCUT2D eigenvalue weighted by Gasteiger charge is 2.10. The Labute approximate surface area is 143 Å². The van der Waals surface area contributed by atoms with Gasteiger partial charge < -0.3 is 0 Å². The van der Waals surface area contributed by atoms with Crippen LogP contribution in [0.1, 0.15) is 24.7 Å². The van der Waals surface area contributed by atoms with E-state index in [4.69, 9.17) is 0 Å². The van der Waals surface area contributed by atoms with Crippen LogP contribution in [0.25, 0.3) is 10.9 Å². The fraction of sp³-hybridized carbons (Fsp3) is 0.167. The second kappa shape index (κ2) is 7.04. The third-order valence-corrected chi connectivity index (χ3v) is 3.70. The van der Waals surface area contributed by atoms with E-state index in [0.29, 0.717) is 28.7 Å². The van der Waals surface area contributed by atoms with Gasteiger partial charge >= 0.3 is 0 Å². The lowest BCUT2D eigenvalue weighted by atomic mass is 10.2. The molecule has 0 fully saturated rings. The Balaban J connectivity index is 2.09. The fourth-order valence-corrected chi connectivity index (χ4v) is 2.52. The van der Waals surface area contributed by atoms with Gasteiger partial charge in [0.2, 0.25) is 0 Å². The second-order valence-electron chi connectivity index (χ2n) is 5.51. The average molecular weight is 336 g/mol. The first kappa shape index (κ1) is 16.5. The van der Waals surface area contributed by atoms with Crippen LogP contribution in [-0.2, 0) is 6.42 Å². The summed E-state index contributed by atoms with van der Waals surface area (Å²) in [4.78, 5) is 27.6. The van der Waals surface area contributed by atoms with Crippen LogP contribution < -0.4 is 5.56 Å². The van der Waals surface area contributed by atoms with E-state index < -0.39 is 4.92 Å². The van der Waals surface area contributed by atoms with Gasteiger partial charge in [0.15, 0.2) is 0 Å². The van der Waals surface area contributed by atoms with Crippen LogP contribution in [-0.4, -0.2) is 20.8 Å².